The zero-order valence-corrected chi connectivity index (χ0v) is 16.5. The number of nitrogens with zero attached hydrogens (tertiary/aromatic N) is 2. The number of amides is 1. The first kappa shape index (κ1) is 20.3. The van der Waals surface area contributed by atoms with Crippen LogP contribution < -0.4 is 14.8 Å². The molecule has 0 atom stereocenters. The first-order chi connectivity index (χ1) is 14.0. The van der Waals surface area contributed by atoms with Gasteiger partial charge in [0.15, 0.2) is 11.6 Å². The average molecular weight is 395 g/mol. The lowest BCUT2D eigenvalue weighted by Gasteiger charge is -2.13. The van der Waals surface area contributed by atoms with Crippen LogP contribution in [0.2, 0.25) is 0 Å². The number of hydrogen-bond donors (Lipinski definition) is 1. The Morgan fingerprint density at radius 1 is 1.03 bits per heavy atom. The monoisotopic (exact) mass is 395 g/mol. The minimum atomic E-state index is -0.498. The highest BCUT2D eigenvalue weighted by Crippen LogP contribution is 2.25. The van der Waals surface area contributed by atoms with Gasteiger partial charge in [0.05, 0.1) is 24.2 Å². The summed E-state index contributed by atoms with van der Waals surface area (Å²) in [5.74, 6) is 0.183. The van der Waals surface area contributed by atoms with E-state index in [1.54, 1.807) is 33.1 Å². The standard InChI is InChI=1S/C22H22FN3O3/c1-14-21(26-20(27)13-10-16-8-11-17(28-3)12-9-16)15(2)25-22(24-14)29-19-7-5-4-6-18(19)23/h4-9,11-12H,10,13H2,1-3H3,(H,26,27). The minimum absolute atomic E-state index is 0.0290. The molecular weight excluding hydrogens is 373 g/mol. The van der Waals surface area contributed by atoms with Crippen LogP contribution in [0.3, 0.4) is 0 Å². The molecule has 1 heterocycles. The molecule has 1 N–H and O–H groups in total. The van der Waals surface area contributed by atoms with Gasteiger partial charge in [-0.1, -0.05) is 24.3 Å². The Morgan fingerprint density at radius 3 is 2.31 bits per heavy atom. The predicted octanol–water partition coefficient (Wildman–Crippen LogP) is 4.60. The number of carbonyl (C=O) groups excluding carboxylic acids is 1. The molecule has 3 rings (SSSR count). The highest BCUT2D eigenvalue weighted by atomic mass is 19.1. The molecule has 1 aromatic heterocycles. The topological polar surface area (TPSA) is 73.3 Å². The summed E-state index contributed by atoms with van der Waals surface area (Å²) in [6.07, 6.45) is 0.919. The molecular formula is C22H22FN3O3. The second-order valence-corrected chi connectivity index (χ2v) is 6.48. The van der Waals surface area contributed by atoms with E-state index in [0.29, 0.717) is 29.9 Å². The van der Waals surface area contributed by atoms with E-state index in [-0.39, 0.29) is 17.7 Å². The fourth-order valence-corrected chi connectivity index (χ4v) is 2.79. The van der Waals surface area contributed by atoms with E-state index in [1.165, 1.54) is 12.1 Å². The van der Waals surface area contributed by atoms with Gasteiger partial charge in [-0.05, 0) is 50.1 Å². The van der Waals surface area contributed by atoms with Crippen molar-refractivity contribution in [2.24, 2.45) is 0 Å². The van der Waals surface area contributed by atoms with E-state index >= 15 is 0 Å². The van der Waals surface area contributed by atoms with Crippen molar-refractivity contribution in [2.75, 3.05) is 12.4 Å². The lowest BCUT2D eigenvalue weighted by atomic mass is 10.1. The molecule has 0 aliphatic heterocycles. The van der Waals surface area contributed by atoms with Crippen LogP contribution in [0.15, 0.2) is 48.5 Å². The Hall–Kier alpha value is -3.48. The highest BCUT2D eigenvalue weighted by molar-refractivity contribution is 5.91. The maximum atomic E-state index is 13.8. The Bertz CT molecular complexity index is 983. The molecule has 0 spiro atoms. The fraction of sp³-hybridized carbons (Fsp3) is 0.227. The lowest BCUT2D eigenvalue weighted by Crippen LogP contribution is -2.15. The van der Waals surface area contributed by atoms with E-state index in [0.717, 1.165) is 11.3 Å². The van der Waals surface area contributed by atoms with Gasteiger partial charge in [-0.25, -0.2) is 4.39 Å². The second kappa shape index (κ2) is 9.14. The molecule has 0 aliphatic rings. The molecule has 2 aromatic carbocycles. The van der Waals surface area contributed by atoms with Crippen LogP contribution in [-0.4, -0.2) is 23.0 Å². The maximum absolute atomic E-state index is 13.8. The highest BCUT2D eigenvalue weighted by Gasteiger charge is 2.14. The smallest absolute Gasteiger partial charge is 0.322 e. The molecule has 0 bridgehead atoms. The number of hydrogen-bond acceptors (Lipinski definition) is 5. The summed E-state index contributed by atoms with van der Waals surface area (Å²) in [7, 11) is 1.61. The van der Waals surface area contributed by atoms with Crippen LogP contribution in [-0.2, 0) is 11.2 Å². The summed E-state index contributed by atoms with van der Waals surface area (Å²) < 4.78 is 24.3. The number of ether oxygens (including phenoxy) is 2. The van der Waals surface area contributed by atoms with Crippen LogP contribution in [0.5, 0.6) is 17.5 Å². The van der Waals surface area contributed by atoms with Crippen molar-refractivity contribution >= 4 is 11.6 Å². The van der Waals surface area contributed by atoms with Gasteiger partial charge in [0.2, 0.25) is 5.91 Å². The number of nitrogens with one attached hydrogen (secondary N) is 1. The van der Waals surface area contributed by atoms with Gasteiger partial charge >= 0.3 is 6.01 Å². The first-order valence-corrected chi connectivity index (χ1v) is 9.16. The van der Waals surface area contributed by atoms with Crippen LogP contribution >= 0.6 is 0 Å². The first-order valence-electron chi connectivity index (χ1n) is 9.16. The Morgan fingerprint density at radius 2 is 1.69 bits per heavy atom. The van der Waals surface area contributed by atoms with Crippen molar-refractivity contribution in [3.8, 4) is 17.5 Å². The van der Waals surface area contributed by atoms with E-state index in [2.05, 4.69) is 15.3 Å². The third-order valence-electron chi connectivity index (χ3n) is 4.35. The van der Waals surface area contributed by atoms with E-state index in [4.69, 9.17) is 9.47 Å². The van der Waals surface area contributed by atoms with Crippen molar-refractivity contribution in [3.05, 3.63) is 71.3 Å². The number of aromatic nitrogens is 2. The molecule has 29 heavy (non-hydrogen) atoms. The minimum Gasteiger partial charge on any atom is -0.497 e. The summed E-state index contributed by atoms with van der Waals surface area (Å²) in [6.45, 7) is 3.48. The number of methoxy groups -OCH3 is 1. The van der Waals surface area contributed by atoms with E-state index in [1.807, 2.05) is 24.3 Å². The number of para-hydroxylation sites is 1. The molecule has 0 aliphatic carbocycles. The van der Waals surface area contributed by atoms with Gasteiger partial charge in [0, 0.05) is 6.42 Å². The summed E-state index contributed by atoms with van der Waals surface area (Å²) in [5.41, 5.74) is 2.66. The molecule has 0 saturated heterocycles. The number of carbonyl (C=O) groups is 1. The number of benzene rings is 2. The maximum Gasteiger partial charge on any atom is 0.322 e. The lowest BCUT2D eigenvalue weighted by molar-refractivity contribution is -0.116. The Balaban J connectivity index is 1.64. The largest absolute Gasteiger partial charge is 0.497 e. The normalized spacial score (nSPS) is 10.5. The molecule has 6 nitrogen and oxygen atoms in total. The third kappa shape index (κ3) is 5.28. The van der Waals surface area contributed by atoms with Gasteiger partial charge in [-0.3, -0.25) is 4.79 Å². The van der Waals surface area contributed by atoms with Gasteiger partial charge in [0.25, 0.3) is 0 Å². The van der Waals surface area contributed by atoms with Crippen molar-refractivity contribution < 1.29 is 18.7 Å². The quantitative estimate of drug-likeness (QED) is 0.633. The molecule has 0 unspecified atom stereocenters. The van der Waals surface area contributed by atoms with E-state index < -0.39 is 5.82 Å². The Labute approximate surface area is 168 Å². The fourth-order valence-electron chi connectivity index (χ4n) is 2.79. The Kier molecular flexibility index (Phi) is 6.39. The number of halogens is 1. The van der Waals surface area contributed by atoms with Gasteiger partial charge in [-0.2, -0.15) is 9.97 Å². The molecule has 150 valence electrons. The molecule has 1 amide bonds. The van der Waals surface area contributed by atoms with Gasteiger partial charge < -0.3 is 14.8 Å². The number of aryl methyl sites for hydroxylation is 3. The summed E-state index contributed by atoms with van der Waals surface area (Å²) >= 11 is 0. The predicted molar refractivity (Wildman–Crippen MR) is 108 cm³/mol. The van der Waals surface area contributed by atoms with Crippen LogP contribution in [0.4, 0.5) is 10.1 Å². The number of rotatable bonds is 7. The SMILES string of the molecule is COc1ccc(CCC(=O)Nc2c(C)nc(Oc3ccccc3F)nc2C)cc1. The van der Waals surface area contributed by atoms with Gasteiger partial charge in [0.1, 0.15) is 5.75 Å². The molecule has 0 fully saturated rings. The van der Waals surface area contributed by atoms with Crippen molar-refractivity contribution in [1.29, 1.82) is 0 Å². The van der Waals surface area contributed by atoms with Crippen LogP contribution in [0, 0.1) is 19.7 Å². The summed E-state index contributed by atoms with van der Waals surface area (Å²) in [6, 6.07) is 13.7. The zero-order chi connectivity index (χ0) is 20.8. The van der Waals surface area contributed by atoms with Crippen LogP contribution in [0.25, 0.3) is 0 Å². The molecule has 0 saturated carbocycles. The van der Waals surface area contributed by atoms with E-state index in [9.17, 15) is 9.18 Å². The molecule has 0 radical (unpaired) electrons. The van der Waals surface area contributed by atoms with Crippen molar-refractivity contribution in [3.63, 3.8) is 0 Å². The van der Waals surface area contributed by atoms with Gasteiger partial charge in [-0.15, -0.1) is 0 Å². The average Bonchev–Trinajstić information content (AvgIpc) is 2.71. The molecule has 7 heteroatoms. The van der Waals surface area contributed by atoms with Crippen molar-refractivity contribution in [2.45, 2.75) is 26.7 Å². The van der Waals surface area contributed by atoms with Crippen molar-refractivity contribution in [1.82, 2.24) is 9.97 Å². The summed E-state index contributed by atoms with van der Waals surface area (Å²) in [5, 5.41) is 2.86. The zero-order valence-electron chi connectivity index (χ0n) is 16.5. The summed E-state index contributed by atoms with van der Waals surface area (Å²) in [4.78, 5) is 20.8. The molecule has 3 aromatic rings. The third-order valence-corrected chi connectivity index (χ3v) is 4.35. The second-order valence-electron chi connectivity index (χ2n) is 6.48. The number of anilines is 1. The van der Waals surface area contributed by atoms with Crippen LogP contribution in [0.1, 0.15) is 23.4 Å².